The Kier molecular flexibility index (Phi) is 5.00. The zero-order chi connectivity index (χ0) is 21.2. The number of hydrogen-bond acceptors (Lipinski definition) is 3. The molecule has 31 heavy (non-hydrogen) atoms. The van der Waals surface area contributed by atoms with Crippen molar-refractivity contribution in [1.29, 1.82) is 0 Å². The molecule has 0 unspecified atom stereocenters. The maximum atomic E-state index is 12.6. The minimum absolute atomic E-state index is 0.00817. The van der Waals surface area contributed by atoms with Gasteiger partial charge in [0.15, 0.2) is 0 Å². The van der Waals surface area contributed by atoms with Crippen LogP contribution in [0.25, 0.3) is 5.57 Å². The maximum Gasteiger partial charge on any atom is 0.322 e. The van der Waals surface area contributed by atoms with Crippen LogP contribution in [-0.4, -0.2) is 45.0 Å². The number of fused-ring (bicyclic) bond motifs is 1. The number of nitrogens with one attached hydrogen (secondary N) is 2. The van der Waals surface area contributed by atoms with E-state index in [0.717, 1.165) is 17.7 Å². The minimum atomic E-state index is -0.0887. The molecule has 156 valence electrons. The first-order valence-corrected chi connectivity index (χ1v) is 10.4. The second-order valence-corrected chi connectivity index (χ2v) is 7.85. The highest BCUT2D eigenvalue weighted by molar-refractivity contribution is 5.94. The summed E-state index contributed by atoms with van der Waals surface area (Å²) in [6, 6.07) is 16.0. The normalized spacial score (nSPS) is 15.4. The number of aromatic amines is 1. The number of H-pyrrole nitrogens is 1. The van der Waals surface area contributed by atoms with Crippen molar-refractivity contribution >= 4 is 23.2 Å². The number of carbonyl (C=O) groups excluding carboxylic acids is 2. The van der Waals surface area contributed by atoms with Crippen molar-refractivity contribution in [1.82, 2.24) is 20.0 Å². The quantitative estimate of drug-likeness (QED) is 0.684. The first kappa shape index (κ1) is 19.1. The molecule has 0 bridgehead atoms. The summed E-state index contributed by atoms with van der Waals surface area (Å²) < 4.78 is 0. The molecule has 0 saturated carbocycles. The third-order valence-corrected chi connectivity index (χ3v) is 5.88. The standard InChI is InChI=1S/C24H23N5O2/c30-23(21-13-25-26-14-21)28-11-9-18(10-12-28)17-5-7-22(8-6-17)27-24(31)29-15-19-3-1-2-4-20(19)16-29/h1-9,13-14H,10-12,15-16H2,(H,25,26)(H,27,31). The number of urea groups is 1. The van der Waals surface area contributed by atoms with Crippen LogP contribution in [0.1, 0.15) is 33.5 Å². The highest BCUT2D eigenvalue weighted by atomic mass is 16.2. The topological polar surface area (TPSA) is 81.3 Å². The zero-order valence-electron chi connectivity index (χ0n) is 17.0. The molecule has 0 saturated heterocycles. The summed E-state index contributed by atoms with van der Waals surface area (Å²) in [4.78, 5) is 28.7. The van der Waals surface area contributed by atoms with Gasteiger partial charge in [-0.2, -0.15) is 5.10 Å². The van der Waals surface area contributed by atoms with E-state index in [2.05, 4.69) is 33.7 Å². The van der Waals surface area contributed by atoms with Crippen LogP contribution < -0.4 is 5.32 Å². The molecule has 0 aliphatic carbocycles. The van der Waals surface area contributed by atoms with E-state index in [4.69, 9.17) is 0 Å². The molecular formula is C24H23N5O2. The fourth-order valence-electron chi connectivity index (χ4n) is 4.11. The molecular weight excluding hydrogens is 390 g/mol. The summed E-state index contributed by atoms with van der Waals surface area (Å²) in [6.07, 6.45) is 6.06. The van der Waals surface area contributed by atoms with Gasteiger partial charge in [-0.25, -0.2) is 4.79 Å². The lowest BCUT2D eigenvalue weighted by atomic mass is 9.99. The van der Waals surface area contributed by atoms with E-state index in [9.17, 15) is 9.59 Å². The van der Waals surface area contributed by atoms with Gasteiger partial charge >= 0.3 is 6.03 Å². The Hall–Kier alpha value is -3.87. The molecule has 0 spiro atoms. The van der Waals surface area contributed by atoms with Crippen LogP contribution in [0, 0.1) is 0 Å². The molecule has 2 aliphatic rings. The predicted octanol–water partition coefficient (Wildman–Crippen LogP) is 3.89. The molecule has 3 heterocycles. The number of amides is 3. The van der Waals surface area contributed by atoms with Crippen molar-refractivity contribution in [2.24, 2.45) is 0 Å². The summed E-state index contributed by atoms with van der Waals surface area (Å²) in [5.74, 6) is -0.00817. The van der Waals surface area contributed by atoms with Crippen LogP contribution in [0.3, 0.4) is 0 Å². The van der Waals surface area contributed by atoms with Gasteiger partial charge in [0.2, 0.25) is 0 Å². The van der Waals surface area contributed by atoms with Gasteiger partial charge < -0.3 is 15.1 Å². The van der Waals surface area contributed by atoms with Crippen molar-refractivity contribution in [3.05, 3.63) is 89.3 Å². The van der Waals surface area contributed by atoms with Gasteiger partial charge in [-0.1, -0.05) is 42.5 Å². The molecule has 3 amide bonds. The van der Waals surface area contributed by atoms with Crippen LogP contribution in [0.2, 0.25) is 0 Å². The third-order valence-electron chi connectivity index (χ3n) is 5.88. The van der Waals surface area contributed by atoms with E-state index < -0.39 is 0 Å². The molecule has 2 aliphatic heterocycles. The highest BCUT2D eigenvalue weighted by Gasteiger charge is 2.23. The summed E-state index contributed by atoms with van der Waals surface area (Å²) in [6.45, 7) is 2.53. The second kappa shape index (κ2) is 8.10. The number of benzene rings is 2. The lowest BCUT2D eigenvalue weighted by Crippen LogP contribution is -2.34. The third kappa shape index (κ3) is 3.94. The van der Waals surface area contributed by atoms with Gasteiger partial charge in [0.05, 0.1) is 11.8 Å². The number of nitrogens with zero attached hydrogens (tertiary/aromatic N) is 3. The number of hydrogen-bond donors (Lipinski definition) is 2. The van der Waals surface area contributed by atoms with Gasteiger partial charge in [0.1, 0.15) is 0 Å². The Bertz CT molecular complexity index is 1110. The van der Waals surface area contributed by atoms with Gasteiger partial charge in [-0.15, -0.1) is 0 Å². The fraction of sp³-hybridized carbons (Fsp3) is 0.208. The monoisotopic (exact) mass is 413 g/mol. The molecule has 0 radical (unpaired) electrons. The fourth-order valence-corrected chi connectivity index (χ4v) is 4.11. The largest absolute Gasteiger partial charge is 0.334 e. The Morgan fingerprint density at radius 2 is 1.71 bits per heavy atom. The van der Waals surface area contributed by atoms with E-state index in [1.54, 1.807) is 12.4 Å². The van der Waals surface area contributed by atoms with Crippen LogP contribution in [0.15, 0.2) is 67.0 Å². The van der Waals surface area contributed by atoms with Crippen molar-refractivity contribution in [2.75, 3.05) is 18.4 Å². The van der Waals surface area contributed by atoms with E-state index in [1.165, 1.54) is 16.7 Å². The molecule has 5 rings (SSSR count). The number of anilines is 1. The summed E-state index contributed by atoms with van der Waals surface area (Å²) in [5.41, 5.74) is 6.09. The van der Waals surface area contributed by atoms with E-state index in [0.29, 0.717) is 31.7 Å². The smallest absolute Gasteiger partial charge is 0.322 e. The number of aromatic nitrogens is 2. The minimum Gasteiger partial charge on any atom is -0.334 e. The predicted molar refractivity (Wildman–Crippen MR) is 118 cm³/mol. The molecule has 1 aromatic heterocycles. The lowest BCUT2D eigenvalue weighted by molar-refractivity contribution is 0.0773. The van der Waals surface area contributed by atoms with Gasteiger partial charge in [-0.3, -0.25) is 9.89 Å². The second-order valence-electron chi connectivity index (χ2n) is 7.85. The number of rotatable bonds is 3. The summed E-state index contributed by atoms with van der Waals surface area (Å²) in [5, 5.41) is 9.52. The molecule has 3 aromatic rings. The molecule has 0 fully saturated rings. The average Bonchev–Trinajstić information content (AvgIpc) is 3.49. The van der Waals surface area contributed by atoms with Crippen molar-refractivity contribution < 1.29 is 9.59 Å². The maximum absolute atomic E-state index is 12.6. The van der Waals surface area contributed by atoms with Gasteiger partial charge in [0.25, 0.3) is 5.91 Å². The van der Waals surface area contributed by atoms with E-state index >= 15 is 0 Å². The van der Waals surface area contributed by atoms with Gasteiger partial charge in [-0.05, 0) is 40.8 Å². The lowest BCUT2D eigenvalue weighted by Gasteiger charge is -2.26. The van der Waals surface area contributed by atoms with Gasteiger partial charge in [0, 0.05) is 38.1 Å². The Morgan fingerprint density at radius 3 is 2.32 bits per heavy atom. The van der Waals surface area contributed by atoms with E-state index in [1.807, 2.05) is 46.2 Å². The zero-order valence-corrected chi connectivity index (χ0v) is 17.0. The molecule has 2 N–H and O–H groups in total. The van der Waals surface area contributed by atoms with Crippen LogP contribution in [-0.2, 0) is 13.1 Å². The first-order valence-electron chi connectivity index (χ1n) is 10.4. The van der Waals surface area contributed by atoms with Crippen molar-refractivity contribution in [2.45, 2.75) is 19.5 Å². The Balaban J connectivity index is 1.19. The molecule has 7 heteroatoms. The Labute approximate surface area is 180 Å². The van der Waals surface area contributed by atoms with Crippen LogP contribution in [0.4, 0.5) is 10.5 Å². The number of carbonyl (C=O) groups is 2. The molecule has 2 aromatic carbocycles. The first-order chi connectivity index (χ1) is 15.2. The van der Waals surface area contributed by atoms with Crippen molar-refractivity contribution in [3.8, 4) is 0 Å². The average molecular weight is 413 g/mol. The van der Waals surface area contributed by atoms with Crippen LogP contribution >= 0.6 is 0 Å². The summed E-state index contributed by atoms with van der Waals surface area (Å²) >= 11 is 0. The molecule has 7 nitrogen and oxygen atoms in total. The SMILES string of the molecule is O=C(Nc1ccc(C2=CCN(C(=O)c3cn[nH]c3)CC2)cc1)N1Cc2ccccc2C1. The molecule has 0 atom stereocenters. The summed E-state index contributed by atoms with van der Waals surface area (Å²) in [7, 11) is 0. The highest BCUT2D eigenvalue weighted by Crippen LogP contribution is 2.26. The Morgan fingerprint density at radius 1 is 0.968 bits per heavy atom. The van der Waals surface area contributed by atoms with Crippen molar-refractivity contribution in [3.63, 3.8) is 0 Å². The van der Waals surface area contributed by atoms with Crippen LogP contribution in [0.5, 0.6) is 0 Å². The van der Waals surface area contributed by atoms with E-state index in [-0.39, 0.29) is 11.9 Å².